The van der Waals surface area contributed by atoms with Crippen LogP contribution in [0.2, 0.25) is 0 Å². The Bertz CT molecular complexity index is 358. The van der Waals surface area contributed by atoms with Gasteiger partial charge in [0.15, 0.2) is 18.1 Å². The number of alkyl halides is 4. The van der Waals surface area contributed by atoms with E-state index >= 15 is 0 Å². The van der Waals surface area contributed by atoms with Gasteiger partial charge in [0.25, 0.3) is 0 Å². The van der Waals surface area contributed by atoms with E-state index in [1.165, 1.54) is 0 Å². The summed E-state index contributed by atoms with van der Waals surface area (Å²) in [5, 5.41) is 0. The Morgan fingerprint density at radius 3 is 2.10 bits per heavy atom. The van der Waals surface area contributed by atoms with Crippen LogP contribution >= 0.6 is 0 Å². The van der Waals surface area contributed by atoms with Crippen LogP contribution in [0.1, 0.15) is 12.8 Å². The summed E-state index contributed by atoms with van der Waals surface area (Å²) < 4.78 is 57.6. The first-order valence-electron chi connectivity index (χ1n) is 5.98. The summed E-state index contributed by atoms with van der Waals surface area (Å²) in [4.78, 5) is 21.9. The van der Waals surface area contributed by atoms with Gasteiger partial charge in [-0.3, -0.25) is 9.59 Å². The van der Waals surface area contributed by atoms with E-state index in [0.29, 0.717) is 0 Å². The molecule has 0 radical (unpaired) electrons. The van der Waals surface area contributed by atoms with E-state index in [2.05, 4.69) is 4.74 Å². The third-order valence-corrected chi connectivity index (χ3v) is 3.02. The van der Waals surface area contributed by atoms with Crippen LogP contribution < -0.4 is 11.5 Å². The number of halogens is 4. The third kappa shape index (κ3) is 4.14. The summed E-state index contributed by atoms with van der Waals surface area (Å²) in [6, 6.07) is -1.28. The van der Waals surface area contributed by atoms with Crippen molar-refractivity contribution in [2.75, 3.05) is 6.61 Å². The monoisotopic (exact) mass is 300 g/mol. The number of carbonyl (C=O) groups excluding carboxylic acids is 2. The molecule has 0 aliphatic heterocycles. The number of amides is 1. The summed E-state index contributed by atoms with van der Waals surface area (Å²) in [6.45, 7) is -0.848. The second-order valence-electron chi connectivity index (χ2n) is 4.68. The summed E-state index contributed by atoms with van der Waals surface area (Å²) in [5.74, 6) is -1.66. The number of ether oxygens (including phenoxy) is 1. The molecule has 1 aliphatic carbocycles. The lowest BCUT2D eigenvalue weighted by Crippen LogP contribution is -2.51. The largest absolute Gasteiger partial charge is 0.370 e. The molecule has 0 heterocycles. The molecule has 1 fully saturated rings. The van der Waals surface area contributed by atoms with Gasteiger partial charge in [-0.05, 0) is 0 Å². The maximum absolute atomic E-state index is 13.4. The maximum atomic E-state index is 13.4. The van der Waals surface area contributed by atoms with Crippen LogP contribution in [-0.4, -0.2) is 55.1 Å². The maximum Gasteiger partial charge on any atom is 0.219 e. The van der Waals surface area contributed by atoms with Crippen molar-refractivity contribution in [3.63, 3.8) is 0 Å². The molecule has 5 nitrogen and oxygen atoms in total. The molecule has 116 valence electrons. The summed E-state index contributed by atoms with van der Waals surface area (Å²) in [7, 11) is 0. The molecule has 20 heavy (non-hydrogen) atoms. The minimum absolute atomic E-state index is 0.456. The van der Waals surface area contributed by atoms with Gasteiger partial charge in [-0.2, -0.15) is 0 Å². The molecule has 0 spiro atoms. The van der Waals surface area contributed by atoms with E-state index in [9.17, 15) is 27.2 Å². The van der Waals surface area contributed by atoms with E-state index in [1.807, 2.05) is 0 Å². The summed E-state index contributed by atoms with van der Waals surface area (Å²) >= 11 is 0. The molecule has 1 rings (SSSR count). The van der Waals surface area contributed by atoms with Crippen LogP contribution in [0.5, 0.6) is 0 Å². The normalized spacial score (nSPS) is 35.5. The van der Waals surface area contributed by atoms with Crippen molar-refractivity contribution in [3.8, 4) is 0 Å². The van der Waals surface area contributed by atoms with E-state index in [1.54, 1.807) is 0 Å². The van der Waals surface area contributed by atoms with Crippen molar-refractivity contribution < 1.29 is 31.9 Å². The number of primary amides is 1. The molecule has 0 saturated heterocycles. The van der Waals surface area contributed by atoms with Crippen molar-refractivity contribution in [2.24, 2.45) is 11.5 Å². The van der Waals surface area contributed by atoms with E-state index < -0.39 is 68.0 Å². The fourth-order valence-corrected chi connectivity index (χ4v) is 1.86. The van der Waals surface area contributed by atoms with Crippen LogP contribution in [0, 0.1) is 0 Å². The van der Waals surface area contributed by atoms with Crippen molar-refractivity contribution in [1.82, 2.24) is 0 Å². The lowest BCUT2D eigenvalue weighted by molar-refractivity contribution is -0.144. The third-order valence-electron chi connectivity index (χ3n) is 3.02. The number of carbonyl (C=O) groups is 2. The van der Waals surface area contributed by atoms with Crippen LogP contribution in [0.3, 0.4) is 0 Å². The predicted octanol–water partition coefficient (Wildman–Crippen LogP) is -0.101. The van der Waals surface area contributed by atoms with Gasteiger partial charge in [0.05, 0.1) is 6.04 Å². The van der Waals surface area contributed by atoms with E-state index in [-0.39, 0.29) is 0 Å². The van der Waals surface area contributed by atoms with Crippen LogP contribution in [0.15, 0.2) is 0 Å². The minimum atomic E-state index is -2.36. The van der Waals surface area contributed by atoms with Crippen molar-refractivity contribution in [2.45, 2.75) is 49.7 Å². The van der Waals surface area contributed by atoms with Gasteiger partial charge in [0.2, 0.25) is 5.91 Å². The number of hydrogen-bond acceptors (Lipinski definition) is 4. The highest BCUT2D eigenvalue weighted by Crippen LogP contribution is 2.31. The molecule has 1 aliphatic rings. The molecule has 1 saturated carbocycles. The number of hydrogen-bond donors (Lipinski definition) is 2. The Balaban J connectivity index is 2.54. The highest BCUT2D eigenvalue weighted by molar-refractivity contribution is 5.89. The lowest BCUT2D eigenvalue weighted by atomic mass is 9.91. The van der Waals surface area contributed by atoms with Gasteiger partial charge in [-0.25, -0.2) is 17.6 Å². The molecular weight excluding hydrogens is 284 g/mol. The Morgan fingerprint density at radius 2 is 1.65 bits per heavy atom. The Kier molecular flexibility index (Phi) is 5.88. The quantitative estimate of drug-likeness (QED) is 0.670. The molecule has 0 bridgehead atoms. The molecule has 4 N–H and O–H groups in total. The second-order valence-corrected chi connectivity index (χ2v) is 4.68. The van der Waals surface area contributed by atoms with Crippen LogP contribution in [0.4, 0.5) is 17.6 Å². The van der Waals surface area contributed by atoms with Gasteiger partial charge in [0.1, 0.15) is 25.1 Å². The zero-order chi connectivity index (χ0) is 15.4. The topological polar surface area (TPSA) is 95.4 Å². The number of nitrogens with two attached hydrogens (primary N) is 2. The molecule has 9 heteroatoms. The standard InChI is InChI=1S/C11H16F4N2O3/c12-4-1-5(13)10(15)11(9(4)14)20-3-7(18)6(16)2-8(17)19/h4-6,9-11H,1-3,16H2,(H2,17,19). The Hall–Kier alpha value is -1.22. The lowest BCUT2D eigenvalue weighted by Gasteiger charge is -2.33. The zero-order valence-corrected chi connectivity index (χ0v) is 10.5. The van der Waals surface area contributed by atoms with Gasteiger partial charge in [0, 0.05) is 12.8 Å². The van der Waals surface area contributed by atoms with E-state index in [4.69, 9.17) is 11.5 Å². The minimum Gasteiger partial charge on any atom is -0.370 e. The van der Waals surface area contributed by atoms with Gasteiger partial charge >= 0.3 is 0 Å². The molecule has 0 aromatic carbocycles. The number of Topliss-reactive ketones (excluding diaryl/α,β-unsaturated/α-hetero) is 1. The fraction of sp³-hybridized carbons (Fsp3) is 0.818. The van der Waals surface area contributed by atoms with Crippen molar-refractivity contribution >= 4 is 11.7 Å². The van der Waals surface area contributed by atoms with Crippen molar-refractivity contribution in [1.29, 1.82) is 0 Å². The molecule has 0 aromatic rings. The smallest absolute Gasteiger partial charge is 0.219 e. The molecular formula is C11H16F4N2O3. The van der Waals surface area contributed by atoms with Crippen LogP contribution in [-0.2, 0) is 14.3 Å². The first-order chi connectivity index (χ1) is 9.23. The molecule has 5 atom stereocenters. The highest BCUT2D eigenvalue weighted by atomic mass is 19.2. The van der Waals surface area contributed by atoms with Gasteiger partial charge < -0.3 is 16.2 Å². The average molecular weight is 300 g/mol. The number of rotatable bonds is 6. The Morgan fingerprint density at radius 1 is 1.15 bits per heavy atom. The fourth-order valence-electron chi connectivity index (χ4n) is 1.86. The SMILES string of the molecule is NC(=O)CC(N)C(=O)COC1C(F)C(F)CC(F)C1F. The summed E-state index contributed by atoms with van der Waals surface area (Å²) in [6.07, 6.45) is -12.5. The Labute approximate surface area is 112 Å². The molecule has 1 amide bonds. The van der Waals surface area contributed by atoms with Gasteiger partial charge in [-0.15, -0.1) is 0 Å². The molecule has 0 aromatic heterocycles. The van der Waals surface area contributed by atoms with Crippen molar-refractivity contribution in [3.05, 3.63) is 0 Å². The first kappa shape index (κ1) is 16.8. The summed E-state index contributed by atoms with van der Waals surface area (Å²) in [5.41, 5.74) is 10.1. The average Bonchev–Trinajstić information content (AvgIpc) is 2.35. The number of ketones is 1. The first-order valence-corrected chi connectivity index (χ1v) is 5.98. The van der Waals surface area contributed by atoms with Crippen LogP contribution in [0.25, 0.3) is 0 Å². The molecule has 5 unspecified atom stereocenters. The van der Waals surface area contributed by atoms with Gasteiger partial charge in [-0.1, -0.05) is 0 Å². The second kappa shape index (κ2) is 6.98. The predicted molar refractivity (Wildman–Crippen MR) is 60.7 cm³/mol. The van der Waals surface area contributed by atoms with E-state index in [0.717, 1.165) is 0 Å². The highest BCUT2D eigenvalue weighted by Gasteiger charge is 2.47. The zero-order valence-electron chi connectivity index (χ0n) is 10.5.